The summed E-state index contributed by atoms with van der Waals surface area (Å²) in [5, 5.41) is 2.79. The number of hydrogen-bond acceptors (Lipinski definition) is 11. The van der Waals surface area contributed by atoms with E-state index in [4.69, 9.17) is 23.7 Å². The first-order valence-corrected chi connectivity index (χ1v) is 26.3. The van der Waals surface area contributed by atoms with Gasteiger partial charge in [-0.2, -0.15) is 0 Å². The molecule has 2 unspecified atom stereocenters. The van der Waals surface area contributed by atoms with Crippen molar-refractivity contribution in [2.75, 3.05) is 47.0 Å². The molecule has 0 aromatic heterocycles. The summed E-state index contributed by atoms with van der Waals surface area (Å²) in [4.78, 5) is 68.5. The van der Waals surface area contributed by atoms with Crippen LogP contribution in [-0.4, -0.2) is 94.1 Å². The highest BCUT2D eigenvalue weighted by Crippen LogP contribution is 2.22. The largest absolute Gasteiger partial charge is 0.465 e. The van der Waals surface area contributed by atoms with Crippen molar-refractivity contribution in [3.63, 3.8) is 0 Å². The topological polar surface area (TPSA) is 147 Å². The van der Waals surface area contributed by atoms with Gasteiger partial charge in [-0.05, 0) is 52.7 Å². The van der Waals surface area contributed by atoms with E-state index in [0.29, 0.717) is 38.6 Å². The van der Waals surface area contributed by atoms with Crippen LogP contribution in [0.2, 0.25) is 0 Å². The van der Waals surface area contributed by atoms with Crippen LogP contribution in [0.25, 0.3) is 0 Å². The zero-order valence-corrected chi connectivity index (χ0v) is 42.1. The number of nitrogens with zero attached hydrogens (tertiary/aromatic N) is 1. The van der Waals surface area contributed by atoms with Crippen LogP contribution in [0, 0.1) is 5.92 Å². The second-order valence-corrected chi connectivity index (χ2v) is 18.3. The Morgan fingerprint density at radius 1 is 0.406 bits per heavy atom. The highest BCUT2D eigenvalue weighted by molar-refractivity contribution is 5.71. The van der Waals surface area contributed by atoms with Crippen LogP contribution in [0.5, 0.6) is 0 Å². The quantitative estimate of drug-likeness (QED) is 0.0354. The Labute approximate surface area is 391 Å². The maximum Gasteiger partial charge on any atom is 0.407 e. The zero-order valence-electron chi connectivity index (χ0n) is 42.1. The highest BCUT2D eigenvalue weighted by atomic mass is 16.6. The van der Waals surface area contributed by atoms with Gasteiger partial charge >= 0.3 is 30.0 Å². The summed E-state index contributed by atoms with van der Waals surface area (Å²) in [6.07, 6.45) is 27.3. The predicted molar refractivity (Wildman–Crippen MR) is 258 cm³/mol. The minimum atomic E-state index is -1.27. The van der Waals surface area contributed by atoms with Crippen molar-refractivity contribution in [2.24, 2.45) is 5.92 Å². The summed E-state index contributed by atoms with van der Waals surface area (Å²) in [7, 11) is 3.89. The van der Waals surface area contributed by atoms with Gasteiger partial charge in [0.05, 0.1) is 5.92 Å². The number of hydrogen-bond donors (Lipinski definition) is 1. The molecule has 0 aliphatic rings. The highest BCUT2D eigenvalue weighted by Gasteiger charge is 2.38. The summed E-state index contributed by atoms with van der Waals surface area (Å²) >= 11 is 0. The molecule has 0 aromatic rings. The van der Waals surface area contributed by atoms with Crippen LogP contribution in [0.1, 0.15) is 240 Å². The van der Waals surface area contributed by atoms with Crippen molar-refractivity contribution in [1.82, 2.24) is 10.2 Å². The fourth-order valence-electron chi connectivity index (χ4n) is 7.59. The third-order valence-corrected chi connectivity index (χ3v) is 11.7. The third-order valence-electron chi connectivity index (χ3n) is 11.7. The van der Waals surface area contributed by atoms with E-state index in [1.165, 1.54) is 64.2 Å². The Balaban J connectivity index is 6.35. The van der Waals surface area contributed by atoms with Gasteiger partial charge in [-0.1, -0.05) is 182 Å². The van der Waals surface area contributed by atoms with Crippen molar-refractivity contribution >= 4 is 30.0 Å². The summed E-state index contributed by atoms with van der Waals surface area (Å²) in [5.41, 5.74) is 0. The van der Waals surface area contributed by atoms with E-state index in [1.54, 1.807) is 0 Å². The molecule has 0 aromatic carbocycles. The monoisotopic (exact) mass is 911 g/mol. The van der Waals surface area contributed by atoms with Gasteiger partial charge in [-0.25, -0.2) is 4.79 Å². The third kappa shape index (κ3) is 39.5. The minimum absolute atomic E-state index is 0.144. The molecule has 1 N–H and O–H groups in total. The van der Waals surface area contributed by atoms with Crippen LogP contribution in [0.15, 0.2) is 0 Å². The maximum atomic E-state index is 13.5. The SMILES string of the molecule is CCCCCCCCCC(=O)OCC(COC(=O)CCCCCCCCC)C(OC(=O)NCCCN(C)C)C(COC(=O)CCCCCCCCC)OC(=O)CCCCCCCCC. The van der Waals surface area contributed by atoms with Crippen molar-refractivity contribution in [3.05, 3.63) is 0 Å². The lowest BCUT2D eigenvalue weighted by Crippen LogP contribution is -2.48. The number of carbonyl (C=O) groups is 5. The fourth-order valence-corrected chi connectivity index (χ4v) is 7.59. The normalized spacial score (nSPS) is 12.2. The van der Waals surface area contributed by atoms with Crippen molar-refractivity contribution in [1.29, 1.82) is 0 Å². The lowest BCUT2D eigenvalue weighted by atomic mass is 9.98. The van der Waals surface area contributed by atoms with Crippen LogP contribution >= 0.6 is 0 Å². The first-order valence-electron chi connectivity index (χ1n) is 26.3. The summed E-state index contributed by atoms with van der Waals surface area (Å²) in [6.45, 7) is 8.92. The average molecular weight is 911 g/mol. The fraction of sp³-hybridized carbons (Fsp3) is 0.904. The second-order valence-electron chi connectivity index (χ2n) is 18.3. The number of carbonyl (C=O) groups excluding carboxylic acids is 5. The number of esters is 4. The van der Waals surface area contributed by atoms with E-state index in [0.717, 1.165) is 96.4 Å². The number of ether oxygens (including phenoxy) is 5. The van der Waals surface area contributed by atoms with E-state index in [-0.39, 0.29) is 45.5 Å². The molecule has 64 heavy (non-hydrogen) atoms. The van der Waals surface area contributed by atoms with Crippen LogP contribution < -0.4 is 5.32 Å². The first kappa shape index (κ1) is 61.1. The molecule has 0 radical (unpaired) electrons. The molecule has 1 amide bonds. The Morgan fingerprint density at radius 2 is 0.734 bits per heavy atom. The van der Waals surface area contributed by atoms with Gasteiger partial charge in [0, 0.05) is 32.2 Å². The number of unbranched alkanes of at least 4 members (excludes halogenated alkanes) is 24. The van der Waals surface area contributed by atoms with Crippen molar-refractivity contribution in [2.45, 2.75) is 252 Å². The maximum absolute atomic E-state index is 13.5. The molecule has 0 aliphatic carbocycles. The van der Waals surface area contributed by atoms with Gasteiger partial charge in [-0.15, -0.1) is 0 Å². The standard InChI is InChI=1S/C52H98N2O10/c1-7-11-15-19-23-27-31-36-47(55)60-42-45(43-61-48(56)37-32-28-24-20-16-12-8-2)51(64-52(59)53-40-35-41-54(5)6)46(63-50(58)39-34-30-26-22-18-14-10-4)44-62-49(57)38-33-29-25-21-17-13-9-3/h45-46,51H,7-44H2,1-6H3,(H,53,59). The summed E-state index contributed by atoms with van der Waals surface area (Å²) < 4.78 is 29.6. The molecule has 0 spiro atoms. The molecule has 2 atom stereocenters. The van der Waals surface area contributed by atoms with Gasteiger partial charge in [-0.3, -0.25) is 19.2 Å². The first-order chi connectivity index (χ1) is 31.1. The summed E-state index contributed by atoms with van der Waals surface area (Å²) in [6, 6.07) is 0. The Hall–Kier alpha value is -2.89. The minimum Gasteiger partial charge on any atom is -0.465 e. The Morgan fingerprint density at radius 3 is 1.09 bits per heavy atom. The van der Waals surface area contributed by atoms with Gasteiger partial charge in [0.15, 0.2) is 12.2 Å². The second kappa shape index (κ2) is 45.3. The molecule has 0 saturated carbocycles. The molecule has 12 nitrogen and oxygen atoms in total. The smallest absolute Gasteiger partial charge is 0.407 e. The zero-order chi connectivity index (χ0) is 47.3. The van der Waals surface area contributed by atoms with Gasteiger partial charge in [0.2, 0.25) is 0 Å². The van der Waals surface area contributed by atoms with Crippen LogP contribution in [-0.2, 0) is 42.9 Å². The molecule has 12 heteroatoms. The lowest BCUT2D eigenvalue weighted by Gasteiger charge is -2.32. The van der Waals surface area contributed by atoms with Gasteiger partial charge in [0.25, 0.3) is 0 Å². The number of amides is 1. The van der Waals surface area contributed by atoms with E-state index in [1.807, 2.05) is 19.0 Å². The van der Waals surface area contributed by atoms with Gasteiger partial charge < -0.3 is 33.9 Å². The molecular weight excluding hydrogens is 813 g/mol. The Bertz CT molecular complexity index is 1100. The van der Waals surface area contributed by atoms with Crippen LogP contribution in [0.3, 0.4) is 0 Å². The molecule has 0 saturated heterocycles. The number of alkyl carbamates (subject to hydrolysis) is 1. The lowest BCUT2D eigenvalue weighted by molar-refractivity contribution is -0.174. The molecule has 0 aliphatic heterocycles. The van der Waals surface area contributed by atoms with E-state index in [9.17, 15) is 24.0 Å². The van der Waals surface area contributed by atoms with E-state index in [2.05, 4.69) is 33.0 Å². The Kier molecular flexibility index (Phi) is 43.2. The van der Waals surface area contributed by atoms with Crippen molar-refractivity contribution < 1.29 is 47.7 Å². The van der Waals surface area contributed by atoms with Gasteiger partial charge in [0.1, 0.15) is 19.8 Å². The average Bonchev–Trinajstić information content (AvgIpc) is 3.27. The molecule has 376 valence electrons. The molecule has 0 rings (SSSR count). The molecule has 0 fully saturated rings. The predicted octanol–water partition coefficient (Wildman–Crippen LogP) is 12.8. The van der Waals surface area contributed by atoms with E-state index < -0.39 is 48.1 Å². The molecule has 0 bridgehead atoms. The summed E-state index contributed by atoms with van der Waals surface area (Å²) in [5.74, 6) is -2.68. The molecule has 0 heterocycles. The number of rotatable bonds is 46. The van der Waals surface area contributed by atoms with Crippen LogP contribution in [0.4, 0.5) is 4.79 Å². The van der Waals surface area contributed by atoms with Crippen molar-refractivity contribution in [3.8, 4) is 0 Å². The number of nitrogens with one attached hydrogen (secondary N) is 1. The molecular formula is C52H98N2O10. The van der Waals surface area contributed by atoms with E-state index >= 15 is 0 Å².